The SMILES string of the molecule is COC(=O)[C@]1(C)OC(=O)C(CO)[C@H](C)[C@H]1C. The normalized spacial score (nSPS) is 39.1. The first-order valence-corrected chi connectivity index (χ1v) is 5.30. The van der Waals surface area contributed by atoms with Crippen LogP contribution in [0.2, 0.25) is 0 Å². The fourth-order valence-corrected chi connectivity index (χ4v) is 2.11. The van der Waals surface area contributed by atoms with E-state index >= 15 is 0 Å². The van der Waals surface area contributed by atoms with Crippen LogP contribution in [-0.2, 0) is 19.1 Å². The highest BCUT2D eigenvalue weighted by molar-refractivity contribution is 5.85. The molecule has 1 unspecified atom stereocenters. The fraction of sp³-hybridized carbons (Fsp3) is 0.818. The molecule has 1 fully saturated rings. The second-order valence-electron chi connectivity index (χ2n) is 4.46. The number of aliphatic hydroxyl groups is 1. The Morgan fingerprint density at radius 2 is 2.12 bits per heavy atom. The number of rotatable bonds is 2. The van der Waals surface area contributed by atoms with Crippen molar-refractivity contribution in [1.82, 2.24) is 0 Å². The molecule has 1 aliphatic heterocycles. The van der Waals surface area contributed by atoms with E-state index in [1.807, 2.05) is 13.8 Å². The van der Waals surface area contributed by atoms with Crippen molar-refractivity contribution in [2.24, 2.45) is 17.8 Å². The first-order valence-electron chi connectivity index (χ1n) is 5.30. The summed E-state index contributed by atoms with van der Waals surface area (Å²) in [5.41, 5.74) is -1.25. The van der Waals surface area contributed by atoms with Gasteiger partial charge in [0.25, 0.3) is 0 Å². The van der Waals surface area contributed by atoms with Gasteiger partial charge in [-0.1, -0.05) is 13.8 Å². The zero-order valence-corrected chi connectivity index (χ0v) is 10.0. The monoisotopic (exact) mass is 230 g/mol. The van der Waals surface area contributed by atoms with Gasteiger partial charge in [-0.3, -0.25) is 4.79 Å². The number of hydrogen-bond acceptors (Lipinski definition) is 5. The fourth-order valence-electron chi connectivity index (χ4n) is 2.11. The molecule has 1 saturated heterocycles. The molecule has 5 heteroatoms. The van der Waals surface area contributed by atoms with Crippen molar-refractivity contribution < 1.29 is 24.2 Å². The van der Waals surface area contributed by atoms with Gasteiger partial charge in [-0.05, 0) is 12.8 Å². The van der Waals surface area contributed by atoms with Crippen LogP contribution in [0, 0.1) is 17.8 Å². The molecule has 0 aromatic heterocycles. The number of hydrogen-bond donors (Lipinski definition) is 1. The summed E-state index contributed by atoms with van der Waals surface area (Å²) in [6, 6.07) is 0. The second kappa shape index (κ2) is 4.41. The van der Waals surface area contributed by atoms with E-state index < -0.39 is 23.5 Å². The highest BCUT2D eigenvalue weighted by Crippen LogP contribution is 2.39. The predicted molar refractivity (Wildman–Crippen MR) is 55.4 cm³/mol. The van der Waals surface area contributed by atoms with Crippen LogP contribution in [0.4, 0.5) is 0 Å². The summed E-state index contributed by atoms with van der Waals surface area (Å²) in [7, 11) is 1.26. The Kier molecular flexibility index (Phi) is 3.57. The summed E-state index contributed by atoms with van der Waals surface area (Å²) in [5, 5.41) is 9.10. The lowest BCUT2D eigenvalue weighted by Crippen LogP contribution is -2.56. The third-order valence-electron chi connectivity index (χ3n) is 3.70. The quantitative estimate of drug-likeness (QED) is 0.693. The minimum Gasteiger partial charge on any atom is -0.466 e. The average Bonchev–Trinajstić information content (AvgIpc) is 2.25. The smallest absolute Gasteiger partial charge is 0.350 e. The topological polar surface area (TPSA) is 72.8 Å². The minimum absolute atomic E-state index is 0.129. The standard InChI is InChI=1S/C11H18O5/c1-6-7(2)11(3,10(14)15-4)16-9(13)8(6)5-12/h6-8,12H,5H2,1-4H3/t6-,7-,8?,11-/m1/s1. The van der Waals surface area contributed by atoms with Crippen molar-refractivity contribution in [2.75, 3.05) is 13.7 Å². The molecule has 1 rings (SSSR count). The summed E-state index contributed by atoms with van der Waals surface area (Å²) < 4.78 is 9.79. The van der Waals surface area contributed by atoms with Crippen molar-refractivity contribution in [2.45, 2.75) is 26.4 Å². The third kappa shape index (κ3) is 1.80. The lowest BCUT2D eigenvalue weighted by atomic mass is 9.72. The predicted octanol–water partition coefficient (Wildman–Crippen LogP) is 0.356. The van der Waals surface area contributed by atoms with Crippen LogP contribution in [0.5, 0.6) is 0 Å². The van der Waals surface area contributed by atoms with E-state index in [1.54, 1.807) is 6.92 Å². The Hall–Kier alpha value is -1.10. The summed E-state index contributed by atoms with van der Waals surface area (Å²) in [4.78, 5) is 23.3. The summed E-state index contributed by atoms with van der Waals surface area (Å²) in [5.74, 6) is -1.99. The molecule has 1 aliphatic rings. The number of carbonyl (C=O) groups is 2. The summed E-state index contributed by atoms with van der Waals surface area (Å²) >= 11 is 0. The van der Waals surface area contributed by atoms with E-state index in [9.17, 15) is 9.59 Å². The maximum absolute atomic E-state index is 11.6. The van der Waals surface area contributed by atoms with Gasteiger partial charge in [0.1, 0.15) is 0 Å². The number of esters is 2. The average molecular weight is 230 g/mol. The van der Waals surface area contributed by atoms with Gasteiger partial charge in [0.2, 0.25) is 5.60 Å². The molecule has 0 aliphatic carbocycles. The van der Waals surface area contributed by atoms with Crippen molar-refractivity contribution in [3.8, 4) is 0 Å². The van der Waals surface area contributed by atoms with Gasteiger partial charge >= 0.3 is 11.9 Å². The van der Waals surface area contributed by atoms with Crippen LogP contribution < -0.4 is 0 Å². The molecule has 4 atom stereocenters. The third-order valence-corrected chi connectivity index (χ3v) is 3.70. The molecule has 1 N–H and O–H groups in total. The molecule has 16 heavy (non-hydrogen) atoms. The molecular weight excluding hydrogens is 212 g/mol. The van der Waals surface area contributed by atoms with Crippen molar-refractivity contribution in [3.63, 3.8) is 0 Å². The Labute approximate surface area is 94.7 Å². The van der Waals surface area contributed by atoms with Gasteiger partial charge in [0.05, 0.1) is 19.6 Å². The van der Waals surface area contributed by atoms with Gasteiger partial charge in [-0.15, -0.1) is 0 Å². The van der Waals surface area contributed by atoms with E-state index in [-0.39, 0.29) is 18.4 Å². The van der Waals surface area contributed by atoms with E-state index in [2.05, 4.69) is 4.74 Å². The largest absolute Gasteiger partial charge is 0.466 e. The number of ether oxygens (including phenoxy) is 2. The summed E-state index contributed by atoms with van der Waals surface area (Å²) in [6.07, 6.45) is 0. The Morgan fingerprint density at radius 3 is 2.56 bits per heavy atom. The van der Waals surface area contributed by atoms with E-state index in [0.717, 1.165) is 0 Å². The van der Waals surface area contributed by atoms with Crippen LogP contribution in [0.25, 0.3) is 0 Å². The lowest BCUT2D eigenvalue weighted by molar-refractivity contribution is -0.205. The molecule has 92 valence electrons. The molecule has 5 nitrogen and oxygen atoms in total. The van der Waals surface area contributed by atoms with Crippen LogP contribution in [-0.4, -0.2) is 36.4 Å². The minimum atomic E-state index is -1.25. The molecule has 1 heterocycles. The van der Waals surface area contributed by atoms with Crippen molar-refractivity contribution >= 4 is 11.9 Å². The first kappa shape index (κ1) is 13.0. The van der Waals surface area contributed by atoms with Crippen LogP contribution >= 0.6 is 0 Å². The van der Waals surface area contributed by atoms with E-state index in [1.165, 1.54) is 7.11 Å². The van der Waals surface area contributed by atoms with Crippen molar-refractivity contribution in [3.05, 3.63) is 0 Å². The van der Waals surface area contributed by atoms with Crippen molar-refractivity contribution in [1.29, 1.82) is 0 Å². The molecule has 0 saturated carbocycles. The van der Waals surface area contributed by atoms with Crippen LogP contribution in [0.3, 0.4) is 0 Å². The van der Waals surface area contributed by atoms with Crippen LogP contribution in [0.15, 0.2) is 0 Å². The van der Waals surface area contributed by atoms with E-state index in [0.29, 0.717) is 0 Å². The lowest BCUT2D eigenvalue weighted by Gasteiger charge is -2.43. The van der Waals surface area contributed by atoms with Gasteiger partial charge in [0, 0.05) is 5.92 Å². The molecule has 0 amide bonds. The van der Waals surface area contributed by atoms with Gasteiger partial charge in [-0.2, -0.15) is 0 Å². The molecule has 0 spiro atoms. The molecule has 0 aromatic carbocycles. The first-order chi connectivity index (χ1) is 7.38. The molecule has 0 radical (unpaired) electrons. The maximum Gasteiger partial charge on any atom is 0.350 e. The number of aliphatic hydroxyl groups excluding tert-OH is 1. The number of cyclic esters (lactones) is 1. The second-order valence-corrected chi connectivity index (χ2v) is 4.46. The van der Waals surface area contributed by atoms with Gasteiger partial charge in [0.15, 0.2) is 0 Å². The van der Waals surface area contributed by atoms with Gasteiger partial charge in [-0.25, -0.2) is 4.79 Å². The molecule has 0 bridgehead atoms. The Bertz CT molecular complexity index is 301. The zero-order valence-electron chi connectivity index (χ0n) is 10.0. The zero-order chi connectivity index (χ0) is 12.5. The number of carbonyl (C=O) groups excluding carboxylic acids is 2. The van der Waals surface area contributed by atoms with Crippen LogP contribution in [0.1, 0.15) is 20.8 Å². The van der Waals surface area contributed by atoms with E-state index in [4.69, 9.17) is 9.84 Å². The van der Waals surface area contributed by atoms with Gasteiger partial charge < -0.3 is 14.6 Å². The number of methoxy groups -OCH3 is 1. The highest BCUT2D eigenvalue weighted by atomic mass is 16.6. The Morgan fingerprint density at radius 1 is 1.56 bits per heavy atom. The molecular formula is C11H18O5. The Balaban J connectivity index is 3.01. The molecule has 0 aromatic rings. The highest BCUT2D eigenvalue weighted by Gasteiger charge is 2.53. The summed E-state index contributed by atoms with van der Waals surface area (Å²) in [6.45, 7) is 4.93. The maximum atomic E-state index is 11.6.